The van der Waals surface area contributed by atoms with Crippen LogP contribution >= 0.6 is 0 Å². The molecular formula is C7H17N3O4S. The van der Waals surface area contributed by atoms with Crippen molar-refractivity contribution in [1.82, 2.24) is 5.32 Å². The third kappa shape index (κ3) is 7.25. The van der Waals surface area contributed by atoms with E-state index in [1.807, 2.05) is 0 Å². The lowest BCUT2D eigenvalue weighted by Gasteiger charge is -2.10. The number of aliphatic carboxylic acids is 1. The Kier molecular flexibility index (Phi) is 5.73. The minimum absolute atomic E-state index is 0.171. The molecule has 6 N–H and O–H groups in total. The fraction of sp³-hybridized carbons (Fsp3) is 0.857. The number of rotatable bonds is 7. The summed E-state index contributed by atoms with van der Waals surface area (Å²) in [5, 5.41) is 11.1. The fourth-order valence-electron chi connectivity index (χ4n) is 0.870. The monoisotopic (exact) mass is 239 g/mol. The highest BCUT2D eigenvalue weighted by atomic mass is 32.2. The second-order valence-corrected chi connectivity index (χ2v) is 5.53. The first-order valence-corrected chi connectivity index (χ1v) is 6.24. The zero-order chi connectivity index (χ0) is 12.1. The Hall–Kier alpha value is -0.700. The summed E-state index contributed by atoms with van der Waals surface area (Å²) in [4.78, 5) is 10.3. The van der Waals surface area contributed by atoms with Crippen molar-refractivity contribution < 1.29 is 18.3 Å². The molecule has 0 aliphatic heterocycles. The van der Waals surface area contributed by atoms with Crippen molar-refractivity contribution in [3.05, 3.63) is 0 Å². The molecular weight excluding hydrogens is 222 g/mol. The van der Waals surface area contributed by atoms with Crippen molar-refractivity contribution in [3.63, 3.8) is 0 Å². The first kappa shape index (κ1) is 14.3. The molecule has 0 fully saturated rings. The summed E-state index contributed by atoms with van der Waals surface area (Å²) in [5.41, 5.74) is 10.5. The molecule has 0 saturated heterocycles. The molecule has 2 atom stereocenters. The molecule has 0 aliphatic carbocycles. The summed E-state index contributed by atoms with van der Waals surface area (Å²) in [7, 11) is -3.45. The molecule has 0 heterocycles. The molecule has 7 nitrogen and oxygen atoms in total. The number of nitrogens with one attached hydrogen (secondary N) is 1. The zero-order valence-corrected chi connectivity index (χ0v) is 9.33. The van der Waals surface area contributed by atoms with Gasteiger partial charge in [0.1, 0.15) is 6.04 Å². The Bertz CT molecular complexity index is 301. The van der Waals surface area contributed by atoms with E-state index < -0.39 is 27.6 Å². The van der Waals surface area contributed by atoms with E-state index in [9.17, 15) is 13.2 Å². The van der Waals surface area contributed by atoms with E-state index in [4.69, 9.17) is 16.6 Å². The molecule has 0 spiro atoms. The third-order valence-corrected chi connectivity index (χ3v) is 3.32. The molecule has 8 heteroatoms. The van der Waals surface area contributed by atoms with Crippen LogP contribution in [0.5, 0.6) is 0 Å². The molecule has 0 aliphatic rings. The van der Waals surface area contributed by atoms with Gasteiger partial charge in [-0.05, 0) is 6.92 Å². The fourth-order valence-corrected chi connectivity index (χ4v) is 2.16. The van der Waals surface area contributed by atoms with Gasteiger partial charge >= 0.3 is 5.97 Å². The summed E-state index contributed by atoms with van der Waals surface area (Å²) in [6.07, 6.45) is -0.298. The van der Waals surface area contributed by atoms with Gasteiger partial charge in [-0.25, -0.2) is 8.42 Å². The van der Waals surface area contributed by atoms with Gasteiger partial charge in [0.2, 0.25) is 0 Å². The Morgan fingerprint density at radius 3 is 2.40 bits per heavy atom. The Morgan fingerprint density at radius 2 is 2.00 bits per heavy atom. The van der Waals surface area contributed by atoms with Crippen LogP contribution in [0.1, 0.15) is 6.92 Å². The zero-order valence-electron chi connectivity index (χ0n) is 8.51. The van der Waals surface area contributed by atoms with Gasteiger partial charge < -0.3 is 21.9 Å². The lowest BCUT2D eigenvalue weighted by atomic mass is 10.4. The largest absolute Gasteiger partial charge is 0.480 e. The molecule has 0 aromatic rings. The summed E-state index contributed by atoms with van der Waals surface area (Å²) < 4.78 is 22.6. The summed E-state index contributed by atoms with van der Waals surface area (Å²) in [6.45, 7) is 1.86. The van der Waals surface area contributed by atoms with Crippen molar-refractivity contribution in [2.75, 3.05) is 18.1 Å². The third-order valence-electron chi connectivity index (χ3n) is 1.63. The Morgan fingerprint density at radius 1 is 1.47 bits per heavy atom. The van der Waals surface area contributed by atoms with Gasteiger partial charge in [-0.3, -0.25) is 4.79 Å². The van der Waals surface area contributed by atoms with E-state index in [1.54, 1.807) is 6.92 Å². The van der Waals surface area contributed by atoms with Crippen molar-refractivity contribution in [1.29, 1.82) is 0 Å². The number of nitrogens with two attached hydrogens (primary N) is 2. The standard InChI is InChI=1S/C7H17N3O4S/c1-5(8)10-2-3-15(13,14)4-6(9)7(11)12/h5-6,10H,2-4,8-9H2,1H3,(H,11,12). The molecule has 0 saturated carbocycles. The predicted octanol–water partition coefficient (Wildman–Crippen LogP) is -2.29. The maximum absolute atomic E-state index is 11.3. The van der Waals surface area contributed by atoms with Crippen molar-refractivity contribution in [2.24, 2.45) is 11.5 Å². The summed E-state index contributed by atoms with van der Waals surface area (Å²) in [6, 6.07) is -1.37. The van der Waals surface area contributed by atoms with Crippen LogP contribution in [0.3, 0.4) is 0 Å². The topological polar surface area (TPSA) is 136 Å². The summed E-state index contributed by atoms with van der Waals surface area (Å²) in [5.74, 6) is -2.04. The molecule has 0 aromatic carbocycles. The van der Waals surface area contributed by atoms with Crippen molar-refractivity contribution >= 4 is 15.8 Å². The quantitative estimate of drug-likeness (QED) is 0.367. The van der Waals surface area contributed by atoms with E-state index in [0.717, 1.165) is 0 Å². The highest BCUT2D eigenvalue weighted by molar-refractivity contribution is 7.91. The second-order valence-electron chi connectivity index (χ2n) is 3.30. The summed E-state index contributed by atoms with van der Waals surface area (Å²) >= 11 is 0. The lowest BCUT2D eigenvalue weighted by Crippen LogP contribution is -2.41. The molecule has 0 rings (SSSR count). The molecule has 90 valence electrons. The van der Waals surface area contributed by atoms with Crippen LogP contribution in [-0.4, -0.2) is 49.8 Å². The van der Waals surface area contributed by atoms with Gasteiger partial charge in [0.15, 0.2) is 9.84 Å². The van der Waals surface area contributed by atoms with Gasteiger partial charge in [0.05, 0.1) is 17.7 Å². The van der Waals surface area contributed by atoms with E-state index in [-0.39, 0.29) is 18.5 Å². The maximum atomic E-state index is 11.3. The van der Waals surface area contributed by atoms with Crippen molar-refractivity contribution in [3.8, 4) is 0 Å². The molecule has 2 unspecified atom stereocenters. The molecule has 0 amide bonds. The number of carboxylic acid groups (broad SMARTS) is 1. The highest BCUT2D eigenvalue weighted by Crippen LogP contribution is 1.93. The SMILES string of the molecule is CC(N)NCCS(=O)(=O)CC(N)C(=O)O. The normalized spacial score (nSPS) is 15.9. The van der Waals surface area contributed by atoms with Gasteiger partial charge in [0, 0.05) is 6.54 Å². The van der Waals surface area contributed by atoms with Gasteiger partial charge in [-0.1, -0.05) is 0 Å². The Balaban J connectivity index is 4.03. The number of carboxylic acids is 1. The number of carbonyl (C=O) groups is 1. The van der Waals surface area contributed by atoms with E-state index in [0.29, 0.717) is 0 Å². The van der Waals surface area contributed by atoms with E-state index in [1.165, 1.54) is 0 Å². The average molecular weight is 239 g/mol. The van der Waals surface area contributed by atoms with Crippen LogP contribution in [-0.2, 0) is 14.6 Å². The van der Waals surface area contributed by atoms with Crippen molar-refractivity contribution in [2.45, 2.75) is 19.1 Å². The number of hydrogen-bond acceptors (Lipinski definition) is 6. The maximum Gasteiger partial charge on any atom is 0.321 e. The van der Waals surface area contributed by atoms with Crippen LogP contribution < -0.4 is 16.8 Å². The first-order chi connectivity index (χ1) is 6.74. The van der Waals surface area contributed by atoms with Gasteiger partial charge in [-0.15, -0.1) is 0 Å². The lowest BCUT2D eigenvalue weighted by molar-refractivity contribution is -0.137. The number of hydrogen-bond donors (Lipinski definition) is 4. The Labute approximate surface area is 88.7 Å². The molecule has 0 bridgehead atoms. The van der Waals surface area contributed by atoms with E-state index >= 15 is 0 Å². The first-order valence-electron chi connectivity index (χ1n) is 4.42. The van der Waals surface area contributed by atoms with Gasteiger partial charge in [-0.2, -0.15) is 0 Å². The predicted molar refractivity (Wildman–Crippen MR) is 55.9 cm³/mol. The molecule has 0 radical (unpaired) electrons. The van der Waals surface area contributed by atoms with Crippen LogP contribution in [0, 0.1) is 0 Å². The van der Waals surface area contributed by atoms with Crippen LogP contribution in [0.15, 0.2) is 0 Å². The minimum atomic E-state index is -3.45. The second kappa shape index (κ2) is 6.01. The average Bonchev–Trinajstić information content (AvgIpc) is 2.01. The van der Waals surface area contributed by atoms with E-state index in [2.05, 4.69) is 5.32 Å². The van der Waals surface area contributed by atoms with Crippen LogP contribution in [0.4, 0.5) is 0 Å². The smallest absolute Gasteiger partial charge is 0.321 e. The number of sulfone groups is 1. The molecule has 15 heavy (non-hydrogen) atoms. The van der Waals surface area contributed by atoms with Crippen LogP contribution in [0.2, 0.25) is 0 Å². The molecule has 0 aromatic heterocycles. The minimum Gasteiger partial charge on any atom is -0.480 e. The highest BCUT2D eigenvalue weighted by Gasteiger charge is 2.21. The van der Waals surface area contributed by atoms with Gasteiger partial charge in [0.25, 0.3) is 0 Å². The van der Waals surface area contributed by atoms with Crippen LogP contribution in [0.25, 0.3) is 0 Å².